The zero-order valence-electron chi connectivity index (χ0n) is 11.1. The molecule has 102 valence electrons. The van der Waals surface area contributed by atoms with Crippen molar-refractivity contribution in [3.05, 3.63) is 29.8 Å². The first-order valence-corrected chi connectivity index (χ1v) is 6.35. The number of aliphatic hydroxyl groups excluding tert-OH is 1. The van der Waals surface area contributed by atoms with E-state index in [1.165, 1.54) is 6.92 Å². The summed E-state index contributed by atoms with van der Waals surface area (Å²) in [4.78, 5) is 25.2. The number of hydrogen-bond donors (Lipinski definition) is 2. The van der Waals surface area contributed by atoms with E-state index in [4.69, 9.17) is 5.11 Å². The van der Waals surface area contributed by atoms with Gasteiger partial charge in [-0.25, -0.2) is 0 Å². The molecule has 1 aliphatic heterocycles. The Morgan fingerprint density at radius 1 is 1.42 bits per heavy atom. The molecule has 2 N–H and O–H groups in total. The fraction of sp³-hybridized carbons (Fsp3) is 0.429. The number of aliphatic hydroxyl groups is 1. The lowest BCUT2D eigenvalue weighted by atomic mass is 10.2. The highest BCUT2D eigenvalue weighted by atomic mass is 16.3. The summed E-state index contributed by atoms with van der Waals surface area (Å²) in [5.41, 5.74) is 1.97. The third-order valence-corrected chi connectivity index (χ3v) is 3.25. The van der Waals surface area contributed by atoms with Gasteiger partial charge in [-0.3, -0.25) is 9.59 Å². The average Bonchev–Trinajstić information content (AvgIpc) is 2.72. The third-order valence-electron chi connectivity index (χ3n) is 3.25. The summed E-state index contributed by atoms with van der Waals surface area (Å²) in [6.07, 6.45) is -0.535. The molecule has 1 aromatic rings. The summed E-state index contributed by atoms with van der Waals surface area (Å²) >= 11 is 0. The largest absolute Gasteiger partial charge is 0.384 e. The molecule has 2 atom stereocenters. The van der Waals surface area contributed by atoms with E-state index in [2.05, 4.69) is 5.32 Å². The Labute approximate surface area is 112 Å². The number of anilines is 1. The SMILES string of the molecule is Cc1ccc(N2CCC(NC(=O)C(C)O)C2=O)cc1. The van der Waals surface area contributed by atoms with Crippen LogP contribution >= 0.6 is 0 Å². The Balaban J connectivity index is 2.05. The quantitative estimate of drug-likeness (QED) is 0.838. The van der Waals surface area contributed by atoms with Crippen molar-refractivity contribution in [1.82, 2.24) is 5.32 Å². The van der Waals surface area contributed by atoms with Crippen molar-refractivity contribution >= 4 is 17.5 Å². The second kappa shape index (κ2) is 5.40. The van der Waals surface area contributed by atoms with Crippen LogP contribution in [0.1, 0.15) is 18.9 Å². The number of carbonyl (C=O) groups is 2. The van der Waals surface area contributed by atoms with Crippen LogP contribution in [0.2, 0.25) is 0 Å². The fourth-order valence-electron chi connectivity index (χ4n) is 2.09. The molecule has 0 aromatic heterocycles. The topological polar surface area (TPSA) is 69.6 Å². The minimum Gasteiger partial charge on any atom is -0.384 e. The number of carbonyl (C=O) groups excluding carboxylic acids is 2. The molecule has 1 fully saturated rings. The van der Waals surface area contributed by atoms with Gasteiger partial charge in [0.25, 0.3) is 0 Å². The standard InChI is InChI=1S/C14H18N2O3/c1-9-3-5-11(6-4-9)16-8-7-12(14(16)19)15-13(18)10(2)17/h3-6,10,12,17H,7-8H2,1-2H3,(H,15,18). The molecule has 2 rings (SSSR count). The van der Waals surface area contributed by atoms with Gasteiger partial charge >= 0.3 is 0 Å². The Morgan fingerprint density at radius 2 is 2.05 bits per heavy atom. The van der Waals surface area contributed by atoms with Gasteiger partial charge in [0.1, 0.15) is 12.1 Å². The number of aryl methyl sites for hydroxylation is 1. The zero-order valence-corrected chi connectivity index (χ0v) is 11.1. The Morgan fingerprint density at radius 3 is 2.63 bits per heavy atom. The highest BCUT2D eigenvalue weighted by Gasteiger charge is 2.34. The van der Waals surface area contributed by atoms with Gasteiger partial charge in [-0.2, -0.15) is 0 Å². The lowest BCUT2D eigenvalue weighted by molar-refractivity contribution is -0.131. The molecule has 0 aliphatic carbocycles. The van der Waals surface area contributed by atoms with Crippen molar-refractivity contribution in [3.8, 4) is 0 Å². The predicted octanol–water partition coefficient (Wildman–Crippen LogP) is 0.597. The first-order chi connectivity index (χ1) is 8.99. The van der Waals surface area contributed by atoms with Crippen molar-refractivity contribution in [1.29, 1.82) is 0 Å². The zero-order chi connectivity index (χ0) is 14.0. The van der Waals surface area contributed by atoms with Crippen LogP contribution in [0.15, 0.2) is 24.3 Å². The molecule has 1 heterocycles. The first kappa shape index (κ1) is 13.5. The van der Waals surface area contributed by atoms with Gasteiger partial charge in [0, 0.05) is 12.2 Å². The number of hydrogen-bond acceptors (Lipinski definition) is 3. The number of nitrogens with one attached hydrogen (secondary N) is 1. The molecular weight excluding hydrogens is 244 g/mol. The van der Waals surface area contributed by atoms with Gasteiger partial charge in [0.2, 0.25) is 11.8 Å². The molecule has 5 heteroatoms. The second-order valence-electron chi connectivity index (χ2n) is 4.85. The number of amides is 2. The van der Waals surface area contributed by atoms with Crippen LogP contribution in [0, 0.1) is 6.92 Å². The summed E-state index contributed by atoms with van der Waals surface area (Å²) in [5, 5.41) is 11.7. The highest BCUT2D eigenvalue weighted by molar-refractivity contribution is 6.01. The van der Waals surface area contributed by atoms with Gasteiger partial charge in [0.15, 0.2) is 0 Å². The Bertz CT molecular complexity index is 482. The molecule has 1 aliphatic rings. The van der Waals surface area contributed by atoms with Gasteiger partial charge in [-0.05, 0) is 32.4 Å². The van der Waals surface area contributed by atoms with Crippen molar-refractivity contribution in [3.63, 3.8) is 0 Å². The van der Waals surface area contributed by atoms with Crippen LogP contribution in [0.5, 0.6) is 0 Å². The van der Waals surface area contributed by atoms with Crippen LogP contribution in [-0.4, -0.2) is 35.6 Å². The maximum absolute atomic E-state index is 12.2. The normalized spacial score (nSPS) is 20.5. The van der Waals surface area contributed by atoms with Crippen molar-refractivity contribution in [2.24, 2.45) is 0 Å². The van der Waals surface area contributed by atoms with E-state index in [1.54, 1.807) is 4.90 Å². The van der Waals surface area contributed by atoms with Crippen LogP contribution < -0.4 is 10.2 Å². The summed E-state index contributed by atoms with van der Waals surface area (Å²) in [6, 6.07) is 7.15. The maximum atomic E-state index is 12.2. The number of nitrogens with zero attached hydrogens (tertiary/aromatic N) is 1. The Hall–Kier alpha value is -1.88. The molecule has 0 spiro atoms. The maximum Gasteiger partial charge on any atom is 0.249 e. The van der Waals surface area contributed by atoms with E-state index in [1.807, 2.05) is 31.2 Å². The first-order valence-electron chi connectivity index (χ1n) is 6.35. The van der Waals surface area contributed by atoms with Crippen LogP contribution in [-0.2, 0) is 9.59 Å². The molecule has 0 radical (unpaired) electrons. The molecule has 1 saturated heterocycles. The minimum absolute atomic E-state index is 0.127. The van der Waals surface area contributed by atoms with E-state index in [0.717, 1.165) is 11.3 Å². The molecular formula is C14H18N2O3. The summed E-state index contributed by atoms with van der Waals surface area (Å²) in [7, 11) is 0. The van der Waals surface area contributed by atoms with Gasteiger partial charge < -0.3 is 15.3 Å². The number of benzene rings is 1. The molecule has 0 saturated carbocycles. The smallest absolute Gasteiger partial charge is 0.249 e. The predicted molar refractivity (Wildman–Crippen MR) is 71.8 cm³/mol. The molecule has 0 bridgehead atoms. The lowest BCUT2D eigenvalue weighted by Gasteiger charge is -2.17. The molecule has 2 amide bonds. The monoisotopic (exact) mass is 262 g/mol. The van der Waals surface area contributed by atoms with Gasteiger partial charge in [0.05, 0.1) is 0 Å². The summed E-state index contributed by atoms with van der Waals surface area (Å²) < 4.78 is 0. The van der Waals surface area contributed by atoms with E-state index >= 15 is 0 Å². The van der Waals surface area contributed by atoms with Crippen molar-refractivity contribution in [2.45, 2.75) is 32.4 Å². The van der Waals surface area contributed by atoms with Gasteiger partial charge in [-0.15, -0.1) is 0 Å². The van der Waals surface area contributed by atoms with E-state index in [9.17, 15) is 9.59 Å². The summed E-state index contributed by atoms with van der Waals surface area (Å²) in [5.74, 6) is -0.637. The van der Waals surface area contributed by atoms with Crippen molar-refractivity contribution in [2.75, 3.05) is 11.4 Å². The van der Waals surface area contributed by atoms with Crippen LogP contribution in [0.3, 0.4) is 0 Å². The second-order valence-corrected chi connectivity index (χ2v) is 4.85. The van der Waals surface area contributed by atoms with Crippen LogP contribution in [0.4, 0.5) is 5.69 Å². The molecule has 5 nitrogen and oxygen atoms in total. The van der Waals surface area contributed by atoms with E-state index in [-0.39, 0.29) is 5.91 Å². The summed E-state index contributed by atoms with van der Waals surface area (Å²) in [6.45, 7) is 3.94. The van der Waals surface area contributed by atoms with Crippen molar-refractivity contribution < 1.29 is 14.7 Å². The van der Waals surface area contributed by atoms with Gasteiger partial charge in [-0.1, -0.05) is 17.7 Å². The van der Waals surface area contributed by atoms with E-state index < -0.39 is 18.1 Å². The number of rotatable bonds is 3. The lowest BCUT2D eigenvalue weighted by Crippen LogP contribution is -2.44. The molecule has 2 unspecified atom stereocenters. The van der Waals surface area contributed by atoms with Crippen LogP contribution in [0.25, 0.3) is 0 Å². The Kier molecular flexibility index (Phi) is 3.85. The average molecular weight is 262 g/mol. The molecule has 1 aromatic carbocycles. The fourth-order valence-corrected chi connectivity index (χ4v) is 2.09. The van der Waals surface area contributed by atoms with E-state index in [0.29, 0.717) is 13.0 Å². The highest BCUT2D eigenvalue weighted by Crippen LogP contribution is 2.21. The molecule has 19 heavy (non-hydrogen) atoms. The minimum atomic E-state index is -1.10. The third kappa shape index (κ3) is 2.93.